The van der Waals surface area contributed by atoms with Crippen molar-refractivity contribution in [3.8, 4) is 5.75 Å². The number of hydrogen-bond donors (Lipinski definition) is 2. The van der Waals surface area contributed by atoms with E-state index in [4.69, 9.17) is 4.74 Å². The Bertz CT molecular complexity index is 431. The fraction of sp³-hybridized carbons (Fsp3) is 0.588. The Morgan fingerprint density at radius 3 is 2.67 bits per heavy atom. The Kier molecular flexibility index (Phi) is 7.83. The molecule has 2 N–H and O–H groups in total. The number of carbonyl (C=O) groups is 1. The van der Waals surface area contributed by atoms with Gasteiger partial charge in [-0.25, -0.2) is 0 Å². The van der Waals surface area contributed by atoms with Crippen LogP contribution >= 0.6 is 0 Å². The van der Waals surface area contributed by atoms with Crippen LogP contribution in [0.25, 0.3) is 0 Å². The van der Waals surface area contributed by atoms with E-state index in [1.165, 1.54) is 0 Å². The standard InChI is InChI=1S/C17H28N2O2/c1-13(2)8-9-18-17(20)12-21-16-7-5-6-15(10-16)11-19-14(3)4/h5-7,10,13-14,19H,8-9,11-12H2,1-4H3,(H,18,20). The molecule has 0 saturated carbocycles. The van der Waals surface area contributed by atoms with Crippen molar-refractivity contribution >= 4 is 5.91 Å². The first kappa shape index (κ1) is 17.5. The molecule has 21 heavy (non-hydrogen) atoms. The molecule has 0 radical (unpaired) electrons. The van der Waals surface area contributed by atoms with Crippen LogP contribution in [0.1, 0.15) is 39.7 Å². The van der Waals surface area contributed by atoms with Crippen molar-refractivity contribution in [2.24, 2.45) is 5.92 Å². The summed E-state index contributed by atoms with van der Waals surface area (Å²) >= 11 is 0. The van der Waals surface area contributed by atoms with Gasteiger partial charge in [-0.2, -0.15) is 0 Å². The molecule has 0 aliphatic heterocycles. The highest BCUT2D eigenvalue weighted by atomic mass is 16.5. The Morgan fingerprint density at radius 1 is 1.24 bits per heavy atom. The first-order valence-corrected chi connectivity index (χ1v) is 7.69. The summed E-state index contributed by atoms with van der Waals surface area (Å²) in [7, 11) is 0. The zero-order valence-corrected chi connectivity index (χ0v) is 13.6. The topological polar surface area (TPSA) is 50.4 Å². The van der Waals surface area contributed by atoms with E-state index in [9.17, 15) is 4.79 Å². The largest absolute Gasteiger partial charge is 0.484 e. The van der Waals surface area contributed by atoms with Crippen LogP contribution in [0.15, 0.2) is 24.3 Å². The van der Waals surface area contributed by atoms with Crippen LogP contribution in [0.3, 0.4) is 0 Å². The maximum atomic E-state index is 11.6. The van der Waals surface area contributed by atoms with Gasteiger partial charge in [-0.3, -0.25) is 4.79 Å². The second-order valence-electron chi connectivity index (χ2n) is 6.00. The van der Waals surface area contributed by atoms with E-state index in [0.717, 1.165) is 24.3 Å². The number of rotatable bonds is 9. The first-order chi connectivity index (χ1) is 9.97. The normalized spacial score (nSPS) is 11.0. The SMILES string of the molecule is CC(C)CCNC(=O)COc1cccc(CNC(C)C)c1. The molecule has 0 spiro atoms. The van der Waals surface area contributed by atoms with Gasteiger partial charge in [-0.05, 0) is 30.0 Å². The lowest BCUT2D eigenvalue weighted by molar-refractivity contribution is -0.123. The molecule has 1 rings (SSSR count). The van der Waals surface area contributed by atoms with Crippen LogP contribution < -0.4 is 15.4 Å². The number of ether oxygens (including phenoxy) is 1. The molecule has 0 atom stereocenters. The van der Waals surface area contributed by atoms with Gasteiger partial charge in [0.05, 0.1) is 0 Å². The molecule has 0 fully saturated rings. The number of hydrogen-bond acceptors (Lipinski definition) is 3. The van der Waals surface area contributed by atoms with Gasteiger partial charge in [-0.1, -0.05) is 39.8 Å². The summed E-state index contributed by atoms with van der Waals surface area (Å²) in [6.45, 7) is 10.1. The molecule has 1 aromatic rings. The van der Waals surface area contributed by atoms with Crippen LogP contribution in [0, 0.1) is 5.92 Å². The highest BCUT2D eigenvalue weighted by molar-refractivity contribution is 5.77. The van der Waals surface area contributed by atoms with Gasteiger partial charge in [-0.15, -0.1) is 0 Å². The molecule has 1 aromatic carbocycles. The third kappa shape index (κ3) is 8.35. The van der Waals surface area contributed by atoms with Gasteiger partial charge in [0.2, 0.25) is 0 Å². The third-order valence-corrected chi connectivity index (χ3v) is 3.03. The van der Waals surface area contributed by atoms with Gasteiger partial charge >= 0.3 is 0 Å². The molecule has 0 saturated heterocycles. The molecule has 0 aromatic heterocycles. The van der Waals surface area contributed by atoms with Crippen LogP contribution in [0.2, 0.25) is 0 Å². The van der Waals surface area contributed by atoms with E-state index in [2.05, 4.69) is 38.3 Å². The second kappa shape index (κ2) is 9.40. The summed E-state index contributed by atoms with van der Waals surface area (Å²) in [4.78, 5) is 11.6. The smallest absolute Gasteiger partial charge is 0.257 e. The average Bonchev–Trinajstić information content (AvgIpc) is 2.43. The quantitative estimate of drug-likeness (QED) is 0.736. The molecule has 0 heterocycles. The molecular weight excluding hydrogens is 264 g/mol. The van der Waals surface area contributed by atoms with Crippen LogP contribution in [0.4, 0.5) is 0 Å². The maximum Gasteiger partial charge on any atom is 0.257 e. The van der Waals surface area contributed by atoms with Crippen molar-refractivity contribution in [3.63, 3.8) is 0 Å². The van der Waals surface area contributed by atoms with E-state index >= 15 is 0 Å². The lowest BCUT2D eigenvalue weighted by Crippen LogP contribution is -2.30. The fourth-order valence-electron chi connectivity index (χ4n) is 1.77. The number of nitrogens with one attached hydrogen (secondary N) is 2. The minimum absolute atomic E-state index is 0.0682. The minimum Gasteiger partial charge on any atom is -0.484 e. The van der Waals surface area contributed by atoms with Gasteiger partial charge in [0, 0.05) is 19.1 Å². The highest BCUT2D eigenvalue weighted by Gasteiger charge is 2.04. The van der Waals surface area contributed by atoms with Gasteiger partial charge in [0.15, 0.2) is 6.61 Å². The summed E-state index contributed by atoms with van der Waals surface area (Å²) in [5.74, 6) is 1.26. The van der Waals surface area contributed by atoms with E-state index < -0.39 is 0 Å². The van der Waals surface area contributed by atoms with Crippen molar-refractivity contribution in [2.75, 3.05) is 13.2 Å². The summed E-state index contributed by atoms with van der Waals surface area (Å²) in [5, 5.41) is 6.22. The highest BCUT2D eigenvalue weighted by Crippen LogP contribution is 2.13. The first-order valence-electron chi connectivity index (χ1n) is 7.69. The van der Waals surface area contributed by atoms with Crippen molar-refractivity contribution in [1.82, 2.24) is 10.6 Å². The molecule has 4 heteroatoms. The van der Waals surface area contributed by atoms with Crippen LogP contribution in [-0.4, -0.2) is 25.1 Å². The Labute approximate surface area is 128 Å². The fourth-order valence-corrected chi connectivity index (χ4v) is 1.77. The van der Waals surface area contributed by atoms with Crippen LogP contribution in [-0.2, 0) is 11.3 Å². The molecular formula is C17H28N2O2. The van der Waals surface area contributed by atoms with E-state index in [0.29, 0.717) is 18.5 Å². The Hall–Kier alpha value is -1.55. The third-order valence-electron chi connectivity index (χ3n) is 3.03. The minimum atomic E-state index is -0.0682. The maximum absolute atomic E-state index is 11.6. The number of benzene rings is 1. The summed E-state index contributed by atoms with van der Waals surface area (Å²) in [6, 6.07) is 8.28. The van der Waals surface area contributed by atoms with Crippen molar-refractivity contribution in [2.45, 2.75) is 46.7 Å². The lowest BCUT2D eigenvalue weighted by atomic mass is 10.1. The van der Waals surface area contributed by atoms with E-state index in [-0.39, 0.29) is 12.5 Å². The molecule has 0 unspecified atom stereocenters. The Morgan fingerprint density at radius 2 is 2.00 bits per heavy atom. The van der Waals surface area contributed by atoms with Gasteiger partial charge < -0.3 is 15.4 Å². The zero-order valence-electron chi connectivity index (χ0n) is 13.6. The van der Waals surface area contributed by atoms with Crippen molar-refractivity contribution in [1.29, 1.82) is 0 Å². The molecule has 0 aliphatic carbocycles. The molecule has 0 bridgehead atoms. The monoisotopic (exact) mass is 292 g/mol. The van der Waals surface area contributed by atoms with Crippen molar-refractivity contribution < 1.29 is 9.53 Å². The summed E-state index contributed by atoms with van der Waals surface area (Å²) in [5.41, 5.74) is 1.15. The molecule has 118 valence electrons. The average molecular weight is 292 g/mol. The number of amides is 1. The molecule has 1 amide bonds. The van der Waals surface area contributed by atoms with Gasteiger partial charge in [0.25, 0.3) is 5.91 Å². The summed E-state index contributed by atoms with van der Waals surface area (Å²) < 4.78 is 5.53. The molecule has 0 aliphatic rings. The van der Waals surface area contributed by atoms with Gasteiger partial charge in [0.1, 0.15) is 5.75 Å². The number of carbonyl (C=O) groups excluding carboxylic acids is 1. The molecule has 4 nitrogen and oxygen atoms in total. The van der Waals surface area contributed by atoms with Crippen molar-refractivity contribution in [3.05, 3.63) is 29.8 Å². The van der Waals surface area contributed by atoms with E-state index in [1.807, 2.05) is 24.3 Å². The lowest BCUT2D eigenvalue weighted by Gasteiger charge is -2.11. The predicted octanol–water partition coefficient (Wildman–Crippen LogP) is 2.73. The van der Waals surface area contributed by atoms with E-state index in [1.54, 1.807) is 0 Å². The Balaban J connectivity index is 2.34. The predicted molar refractivity (Wildman–Crippen MR) is 86.4 cm³/mol. The summed E-state index contributed by atoms with van der Waals surface area (Å²) in [6.07, 6.45) is 0.988. The second-order valence-corrected chi connectivity index (χ2v) is 6.00. The zero-order chi connectivity index (χ0) is 15.7. The van der Waals surface area contributed by atoms with Crippen LogP contribution in [0.5, 0.6) is 5.75 Å².